The van der Waals surface area contributed by atoms with Gasteiger partial charge in [-0.05, 0) is 132 Å². The van der Waals surface area contributed by atoms with E-state index in [9.17, 15) is 0 Å². The molecule has 0 atom stereocenters. The first-order valence-corrected chi connectivity index (χ1v) is 21.8. The molecule has 0 aliphatic heterocycles. The van der Waals surface area contributed by atoms with Crippen molar-refractivity contribution in [2.45, 2.75) is 38.5 Å². The van der Waals surface area contributed by atoms with Crippen LogP contribution in [0.5, 0.6) is 0 Å². The summed E-state index contributed by atoms with van der Waals surface area (Å²) in [5.41, 5.74) is 23.1. The lowest BCUT2D eigenvalue weighted by atomic mass is 9.79. The molecule has 0 saturated heterocycles. The summed E-state index contributed by atoms with van der Waals surface area (Å²) < 4.78 is 6.33. The number of nitrogens with zero attached hydrogens (tertiary/aromatic N) is 1. The molecule has 12 rings (SSSR count). The highest BCUT2D eigenvalue weighted by atomic mass is 16.3. The van der Waals surface area contributed by atoms with E-state index in [0.29, 0.717) is 0 Å². The lowest BCUT2D eigenvalue weighted by molar-refractivity contribution is 0.660. The maximum absolute atomic E-state index is 6.33. The number of benzene rings is 9. The monoisotopic (exact) mass is 795 g/mol. The van der Waals surface area contributed by atoms with Crippen molar-refractivity contribution in [3.05, 3.63) is 222 Å². The summed E-state index contributed by atoms with van der Waals surface area (Å²) in [5, 5.41) is 2.27. The van der Waals surface area contributed by atoms with Gasteiger partial charge in [0.05, 0.1) is 0 Å². The Morgan fingerprint density at radius 2 is 0.887 bits per heavy atom. The van der Waals surface area contributed by atoms with Gasteiger partial charge in [-0.3, -0.25) is 0 Å². The fourth-order valence-electron chi connectivity index (χ4n) is 10.8. The van der Waals surface area contributed by atoms with Crippen LogP contribution in [0.2, 0.25) is 0 Å². The number of para-hydroxylation sites is 1. The number of anilines is 3. The third-order valence-corrected chi connectivity index (χ3v) is 13.9. The second kappa shape index (κ2) is 13.5. The highest BCUT2D eigenvalue weighted by Crippen LogP contribution is 2.53. The molecule has 2 aliphatic carbocycles. The second-order valence-electron chi connectivity index (χ2n) is 18.1. The van der Waals surface area contributed by atoms with Gasteiger partial charge in [-0.2, -0.15) is 0 Å². The molecule has 2 heteroatoms. The van der Waals surface area contributed by atoms with Crippen molar-refractivity contribution in [3.63, 3.8) is 0 Å². The average molecular weight is 796 g/mol. The summed E-state index contributed by atoms with van der Waals surface area (Å²) in [7, 11) is 0. The minimum absolute atomic E-state index is 0.0531. The van der Waals surface area contributed by atoms with Crippen molar-refractivity contribution >= 4 is 39.0 Å². The zero-order valence-electron chi connectivity index (χ0n) is 35.4. The quantitative estimate of drug-likeness (QED) is 0.167. The van der Waals surface area contributed by atoms with Gasteiger partial charge >= 0.3 is 0 Å². The standard InChI is InChI=1S/C60H45NO/c1-59(2)52-22-8-5-16-47(52)49-35-30-40(37-54(49)59)38-26-31-42(32-27-38)61(44-15-11-14-41(36-44)45-19-13-25-56-57(45)51-18-7-10-24-55(51)62-56)43-33-28-39(29-34-43)46-20-12-21-50-48-17-6-9-23-53(48)60(3,4)58(46)50/h5-37H,1-4H3. The summed E-state index contributed by atoms with van der Waals surface area (Å²) in [4.78, 5) is 2.39. The molecule has 0 spiro atoms. The summed E-state index contributed by atoms with van der Waals surface area (Å²) in [6.45, 7) is 9.43. The van der Waals surface area contributed by atoms with Gasteiger partial charge < -0.3 is 9.32 Å². The topological polar surface area (TPSA) is 16.4 Å². The molecule has 0 fully saturated rings. The number of hydrogen-bond donors (Lipinski definition) is 0. The highest BCUT2D eigenvalue weighted by molar-refractivity contribution is 6.12. The molecule has 0 unspecified atom stereocenters. The van der Waals surface area contributed by atoms with E-state index in [1.54, 1.807) is 0 Å². The first-order chi connectivity index (χ1) is 30.3. The van der Waals surface area contributed by atoms with Crippen LogP contribution in [0.15, 0.2) is 205 Å². The number of hydrogen-bond acceptors (Lipinski definition) is 2. The van der Waals surface area contributed by atoms with E-state index in [1.807, 2.05) is 6.07 Å². The van der Waals surface area contributed by atoms with Crippen LogP contribution in [0.1, 0.15) is 49.9 Å². The fraction of sp³-hybridized carbons (Fsp3) is 0.100. The predicted molar refractivity (Wildman–Crippen MR) is 260 cm³/mol. The molecule has 62 heavy (non-hydrogen) atoms. The Hall–Kier alpha value is -7.42. The maximum atomic E-state index is 6.33. The minimum atomic E-state index is -0.100. The van der Waals surface area contributed by atoms with Gasteiger partial charge in [-0.1, -0.05) is 173 Å². The molecule has 2 aliphatic rings. The van der Waals surface area contributed by atoms with E-state index >= 15 is 0 Å². The smallest absolute Gasteiger partial charge is 0.136 e. The number of furan rings is 1. The fourth-order valence-corrected chi connectivity index (χ4v) is 10.8. The first-order valence-electron chi connectivity index (χ1n) is 21.8. The molecular weight excluding hydrogens is 751 g/mol. The third kappa shape index (κ3) is 5.43. The van der Waals surface area contributed by atoms with Crippen molar-refractivity contribution < 1.29 is 4.42 Å². The molecule has 1 heterocycles. The van der Waals surface area contributed by atoms with Crippen LogP contribution in [-0.2, 0) is 10.8 Å². The Balaban J connectivity index is 0.966. The van der Waals surface area contributed by atoms with Crippen molar-refractivity contribution in [3.8, 4) is 55.6 Å². The minimum Gasteiger partial charge on any atom is -0.456 e. The molecule has 0 amide bonds. The van der Waals surface area contributed by atoms with Gasteiger partial charge in [0.1, 0.15) is 11.2 Å². The van der Waals surface area contributed by atoms with Crippen molar-refractivity contribution in [1.29, 1.82) is 0 Å². The summed E-state index contributed by atoms with van der Waals surface area (Å²) in [6, 6.07) is 73.5. The van der Waals surface area contributed by atoms with E-state index in [0.717, 1.165) is 50.1 Å². The van der Waals surface area contributed by atoms with Crippen LogP contribution in [0.3, 0.4) is 0 Å². The molecule has 9 aromatic carbocycles. The van der Waals surface area contributed by atoms with E-state index in [4.69, 9.17) is 4.42 Å². The number of rotatable bonds is 6. The van der Waals surface area contributed by atoms with E-state index in [-0.39, 0.29) is 10.8 Å². The largest absolute Gasteiger partial charge is 0.456 e. The van der Waals surface area contributed by atoms with Gasteiger partial charge in [-0.25, -0.2) is 0 Å². The molecule has 0 saturated carbocycles. The molecule has 0 radical (unpaired) electrons. The van der Waals surface area contributed by atoms with Crippen molar-refractivity contribution in [1.82, 2.24) is 0 Å². The summed E-state index contributed by atoms with van der Waals surface area (Å²) in [6.07, 6.45) is 0. The Labute approximate surface area is 363 Å². The third-order valence-electron chi connectivity index (χ3n) is 13.9. The van der Waals surface area contributed by atoms with Crippen LogP contribution in [0.4, 0.5) is 17.1 Å². The maximum Gasteiger partial charge on any atom is 0.136 e. The van der Waals surface area contributed by atoms with E-state index < -0.39 is 0 Å². The Morgan fingerprint density at radius 3 is 1.66 bits per heavy atom. The molecular formula is C60H45NO. The Kier molecular flexibility index (Phi) is 7.96. The zero-order chi connectivity index (χ0) is 41.7. The average Bonchev–Trinajstić information content (AvgIpc) is 3.89. The zero-order valence-corrected chi connectivity index (χ0v) is 35.4. The van der Waals surface area contributed by atoms with Crippen LogP contribution >= 0.6 is 0 Å². The first kappa shape index (κ1) is 36.4. The van der Waals surface area contributed by atoms with Gasteiger partial charge in [0.2, 0.25) is 0 Å². The number of fused-ring (bicyclic) bond motifs is 9. The normalized spacial score (nSPS) is 14.1. The SMILES string of the molecule is CC1(C)c2ccccc2-c2ccc(-c3ccc(N(c4ccc(-c5cccc6c5C(C)(C)c5ccccc5-6)cc4)c4cccc(-c5cccc6oc7ccccc7c56)c4)cc3)cc21. The second-order valence-corrected chi connectivity index (χ2v) is 18.1. The van der Waals surface area contributed by atoms with Crippen LogP contribution in [0.25, 0.3) is 77.6 Å². The van der Waals surface area contributed by atoms with Gasteiger partial charge in [0, 0.05) is 38.7 Å². The highest BCUT2D eigenvalue weighted by Gasteiger charge is 2.38. The molecule has 10 aromatic rings. The van der Waals surface area contributed by atoms with E-state index in [2.05, 4.69) is 227 Å². The van der Waals surface area contributed by atoms with Crippen LogP contribution < -0.4 is 4.90 Å². The predicted octanol–water partition coefficient (Wildman–Crippen LogP) is 16.7. The molecule has 1 aromatic heterocycles. The van der Waals surface area contributed by atoms with Crippen LogP contribution in [0, 0.1) is 0 Å². The van der Waals surface area contributed by atoms with Gasteiger partial charge in [-0.15, -0.1) is 0 Å². The van der Waals surface area contributed by atoms with Crippen molar-refractivity contribution in [2.24, 2.45) is 0 Å². The molecule has 0 bridgehead atoms. The van der Waals surface area contributed by atoms with E-state index in [1.165, 1.54) is 66.8 Å². The van der Waals surface area contributed by atoms with Gasteiger partial charge in [0.15, 0.2) is 0 Å². The molecule has 0 N–H and O–H groups in total. The Bertz CT molecular complexity index is 3400. The van der Waals surface area contributed by atoms with Crippen LogP contribution in [-0.4, -0.2) is 0 Å². The summed E-state index contributed by atoms with van der Waals surface area (Å²) >= 11 is 0. The molecule has 296 valence electrons. The summed E-state index contributed by atoms with van der Waals surface area (Å²) in [5.74, 6) is 0. The van der Waals surface area contributed by atoms with Gasteiger partial charge in [0.25, 0.3) is 0 Å². The lowest BCUT2D eigenvalue weighted by Gasteiger charge is -2.27. The Morgan fingerprint density at radius 1 is 0.339 bits per heavy atom. The lowest BCUT2D eigenvalue weighted by Crippen LogP contribution is -2.16. The molecule has 2 nitrogen and oxygen atoms in total. The van der Waals surface area contributed by atoms with Crippen molar-refractivity contribution in [2.75, 3.05) is 4.90 Å².